The van der Waals surface area contributed by atoms with Crippen LogP contribution in [0.2, 0.25) is 0 Å². The van der Waals surface area contributed by atoms with E-state index in [0.29, 0.717) is 30.8 Å². The van der Waals surface area contributed by atoms with E-state index in [-0.39, 0.29) is 0 Å². The predicted molar refractivity (Wildman–Crippen MR) is 75.4 cm³/mol. The average Bonchev–Trinajstić information content (AvgIpc) is 2.43. The van der Waals surface area contributed by atoms with Crippen LogP contribution in [0.5, 0.6) is 5.75 Å². The van der Waals surface area contributed by atoms with Crippen LogP contribution in [0.4, 0.5) is 0 Å². The molecule has 2 N–H and O–H groups in total. The van der Waals surface area contributed by atoms with E-state index in [1.165, 1.54) is 7.11 Å². The van der Waals surface area contributed by atoms with E-state index in [9.17, 15) is 4.79 Å². The highest BCUT2D eigenvalue weighted by Gasteiger charge is 2.25. The third-order valence-electron chi connectivity index (χ3n) is 3.22. The van der Waals surface area contributed by atoms with E-state index in [1.807, 2.05) is 12.1 Å². The molecule has 0 bridgehead atoms. The summed E-state index contributed by atoms with van der Waals surface area (Å²) in [4.78, 5) is 11.0. The number of nitrogens with one attached hydrogen (secondary N) is 1. The molecule has 0 aliphatic carbocycles. The molecule has 0 spiro atoms. The molecule has 0 saturated heterocycles. The molecule has 1 rings (SSSR count). The molecule has 1 aromatic rings. The predicted octanol–water partition coefficient (Wildman–Crippen LogP) is 2.16. The van der Waals surface area contributed by atoms with Crippen LogP contribution in [0.15, 0.2) is 18.2 Å². The van der Waals surface area contributed by atoms with Gasteiger partial charge in [-0.3, -0.25) is 4.79 Å². The second-order valence-electron chi connectivity index (χ2n) is 5.26. The standard InChI is InChI=1S/C15H20N2O3/c1-15(2,14(18)19)6-7-17-10-11-4-5-12(9-16)13(8-11)20-3/h4-5,8,17H,6-7,10H2,1-3H3,(H,18,19). The van der Waals surface area contributed by atoms with Crippen molar-refractivity contribution in [2.24, 2.45) is 5.41 Å². The highest BCUT2D eigenvalue weighted by atomic mass is 16.5. The molecule has 1 aromatic carbocycles. The maximum absolute atomic E-state index is 11.0. The van der Waals surface area contributed by atoms with E-state index < -0.39 is 11.4 Å². The van der Waals surface area contributed by atoms with Crippen molar-refractivity contribution in [3.05, 3.63) is 29.3 Å². The summed E-state index contributed by atoms with van der Waals surface area (Å²) in [5.74, 6) is -0.239. The van der Waals surface area contributed by atoms with Gasteiger partial charge in [-0.1, -0.05) is 6.07 Å². The number of carboxylic acid groups (broad SMARTS) is 1. The number of benzene rings is 1. The third-order valence-corrected chi connectivity index (χ3v) is 3.22. The molecular weight excluding hydrogens is 256 g/mol. The van der Waals surface area contributed by atoms with Crippen LogP contribution in [0, 0.1) is 16.7 Å². The summed E-state index contributed by atoms with van der Waals surface area (Å²) in [7, 11) is 1.53. The summed E-state index contributed by atoms with van der Waals surface area (Å²) in [6.45, 7) is 4.64. The van der Waals surface area contributed by atoms with Gasteiger partial charge < -0.3 is 15.2 Å². The summed E-state index contributed by atoms with van der Waals surface area (Å²) in [6.07, 6.45) is 0.551. The number of aliphatic carboxylic acids is 1. The minimum absolute atomic E-state index is 0.503. The molecule has 20 heavy (non-hydrogen) atoms. The van der Waals surface area contributed by atoms with Gasteiger partial charge in [0.2, 0.25) is 0 Å². The average molecular weight is 276 g/mol. The minimum Gasteiger partial charge on any atom is -0.495 e. The van der Waals surface area contributed by atoms with Gasteiger partial charge in [-0.2, -0.15) is 5.26 Å². The molecule has 0 aliphatic heterocycles. The molecular formula is C15H20N2O3. The zero-order valence-corrected chi connectivity index (χ0v) is 12.1. The van der Waals surface area contributed by atoms with E-state index in [0.717, 1.165) is 5.56 Å². The first kappa shape index (κ1) is 16.0. The fraction of sp³-hybridized carbons (Fsp3) is 0.467. The molecule has 108 valence electrons. The molecule has 0 unspecified atom stereocenters. The Morgan fingerprint density at radius 2 is 2.20 bits per heavy atom. The number of ether oxygens (including phenoxy) is 1. The fourth-order valence-corrected chi connectivity index (χ4v) is 1.68. The van der Waals surface area contributed by atoms with Crippen molar-refractivity contribution in [1.82, 2.24) is 5.32 Å². The van der Waals surface area contributed by atoms with Crippen molar-refractivity contribution < 1.29 is 14.6 Å². The van der Waals surface area contributed by atoms with Crippen LogP contribution < -0.4 is 10.1 Å². The summed E-state index contributed by atoms with van der Waals surface area (Å²) in [5.41, 5.74) is 0.771. The second kappa shape index (κ2) is 6.92. The number of methoxy groups -OCH3 is 1. The van der Waals surface area contributed by atoms with Gasteiger partial charge in [0, 0.05) is 6.54 Å². The number of nitriles is 1. The van der Waals surface area contributed by atoms with Crippen LogP contribution in [0.25, 0.3) is 0 Å². The number of carboxylic acids is 1. The summed E-state index contributed by atoms with van der Waals surface area (Å²) >= 11 is 0. The lowest BCUT2D eigenvalue weighted by Crippen LogP contribution is -2.28. The maximum Gasteiger partial charge on any atom is 0.309 e. The van der Waals surface area contributed by atoms with Crippen molar-refractivity contribution in [3.8, 4) is 11.8 Å². The Bertz CT molecular complexity index is 518. The number of hydrogen-bond donors (Lipinski definition) is 2. The molecule has 0 amide bonds. The molecule has 5 nitrogen and oxygen atoms in total. The van der Waals surface area contributed by atoms with Gasteiger partial charge in [0.25, 0.3) is 0 Å². The molecule has 0 atom stereocenters. The molecule has 0 radical (unpaired) electrons. The number of hydrogen-bond acceptors (Lipinski definition) is 4. The highest BCUT2D eigenvalue weighted by molar-refractivity contribution is 5.73. The molecule has 0 saturated carbocycles. The molecule has 0 aromatic heterocycles. The van der Waals surface area contributed by atoms with Crippen LogP contribution in [0.1, 0.15) is 31.4 Å². The fourth-order valence-electron chi connectivity index (χ4n) is 1.68. The quantitative estimate of drug-likeness (QED) is 0.746. The normalized spacial score (nSPS) is 10.9. The van der Waals surface area contributed by atoms with Crippen LogP contribution in [-0.2, 0) is 11.3 Å². The highest BCUT2D eigenvalue weighted by Crippen LogP contribution is 2.20. The Morgan fingerprint density at radius 1 is 1.50 bits per heavy atom. The summed E-state index contributed by atoms with van der Waals surface area (Å²) in [5, 5.41) is 21.1. The summed E-state index contributed by atoms with van der Waals surface area (Å²) < 4.78 is 5.14. The topological polar surface area (TPSA) is 82.3 Å². The molecule has 0 aliphatic rings. The maximum atomic E-state index is 11.0. The van der Waals surface area contributed by atoms with Crippen molar-refractivity contribution in [1.29, 1.82) is 5.26 Å². The van der Waals surface area contributed by atoms with Gasteiger partial charge in [-0.15, -0.1) is 0 Å². The third kappa shape index (κ3) is 4.25. The van der Waals surface area contributed by atoms with Crippen LogP contribution in [0.3, 0.4) is 0 Å². The number of nitrogens with zero attached hydrogens (tertiary/aromatic N) is 1. The van der Waals surface area contributed by atoms with Crippen molar-refractivity contribution >= 4 is 5.97 Å². The number of rotatable bonds is 7. The van der Waals surface area contributed by atoms with Gasteiger partial charge in [0.05, 0.1) is 18.1 Å². The van der Waals surface area contributed by atoms with Gasteiger partial charge in [0.15, 0.2) is 0 Å². The van der Waals surface area contributed by atoms with E-state index in [1.54, 1.807) is 19.9 Å². The van der Waals surface area contributed by atoms with Crippen molar-refractivity contribution in [3.63, 3.8) is 0 Å². The van der Waals surface area contributed by atoms with Gasteiger partial charge in [0.1, 0.15) is 11.8 Å². The van der Waals surface area contributed by atoms with Gasteiger partial charge in [-0.25, -0.2) is 0 Å². The Kier molecular flexibility index (Phi) is 5.53. The lowest BCUT2D eigenvalue weighted by molar-refractivity contribution is -0.147. The SMILES string of the molecule is COc1cc(CNCCC(C)(C)C(=O)O)ccc1C#N. The summed E-state index contributed by atoms with van der Waals surface area (Å²) in [6, 6.07) is 7.45. The van der Waals surface area contributed by atoms with E-state index in [4.69, 9.17) is 15.1 Å². The number of carbonyl (C=O) groups is 1. The zero-order chi connectivity index (χ0) is 15.2. The van der Waals surface area contributed by atoms with Crippen molar-refractivity contribution in [2.45, 2.75) is 26.8 Å². The Labute approximate surface area is 119 Å². The lowest BCUT2D eigenvalue weighted by atomic mass is 9.90. The minimum atomic E-state index is -0.792. The largest absolute Gasteiger partial charge is 0.495 e. The van der Waals surface area contributed by atoms with Gasteiger partial charge in [-0.05, 0) is 44.5 Å². The monoisotopic (exact) mass is 276 g/mol. The van der Waals surface area contributed by atoms with Crippen LogP contribution >= 0.6 is 0 Å². The Morgan fingerprint density at radius 3 is 2.75 bits per heavy atom. The first-order chi connectivity index (χ1) is 9.40. The second-order valence-corrected chi connectivity index (χ2v) is 5.26. The van der Waals surface area contributed by atoms with E-state index in [2.05, 4.69) is 11.4 Å². The first-order valence-electron chi connectivity index (χ1n) is 6.42. The smallest absolute Gasteiger partial charge is 0.309 e. The molecule has 0 heterocycles. The van der Waals surface area contributed by atoms with E-state index >= 15 is 0 Å². The zero-order valence-electron chi connectivity index (χ0n) is 12.1. The molecule has 5 heteroatoms. The first-order valence-corrected chi connectivity index (χ1v) is 6.42. The van der Waals surface area contributed by atoms with Gasteiger partial charge >= 0.3 is 5.97 Å². The Hall–Kier alpha value is -2.06. The van der Waals surface area contributed by atoms with Crippen LogP contribution in [-0.4, -0.2) is 24.7 Å². The molecule has 0 fully saturated rings. The lowest BCUT2D eigenvalue weighted by Gasteiger charge is -2.19. The van der Waals surface area contributed by atoms with Crippen molar-refractivity contribution in [2.75, 3.05) is 13.7 Å². The Balaban J connectivity index is 2.51.